The number of aromatic nitrogens is 4. The van der Waals surface area contributed by atoms with Crippen molar-refractivity contribution >= 4 is 31.7 Å². The number of hydrogen-bond donors (Lipinski definition) is 0. The third-order valence-corrected chi connectivity index (χ3v) is 7.00. The molecule has 0 fully saturated rings. The summed E-state index contributed by atoms with van der Waals surface area (Å²) < 4.78 is 36.2. The average Bonchev–Trinajstić information content (AvgIpc) is 3.42. The normalized spacial score (nSPS) is 11.7. The Bertz CT molecular complexity index is 1490. The molecule has 2 aromatic heterocycles. The van der Waals surface area contributed by atoms with Crippen LogP contribution in [0.3, 0.4) is 0 Å². The predicted octanol–water partition coefficient (Wildman–Crippen LogP) is 4.67. The van der Waals surface area contributed by atoms with Crippen molar-refractivity contribution in [3.63, 3.8) is 0 Å². The van der Waals surface area contributed by atoms with Crippen LogP contribution in [0.5, 0.6) is 0 Å². The summed E-state index contributed by atoms with van der Waals surface area (Å²) in [5.41, 5.74) is 2.62. The third-order valence-electron chi connectivity index (χ3n) is 5.14. The Hall–Kier alpha value is -3.31. The van der Waals surface area contributed by atoms with Gasteiger partial charge in [0.15, 0.2) is 15.5 Å². The van der Waals surface area contributed by atoms with Crippen molar-refractivity contribution in [2.24, 2.45) is 0 Å². The van der Waals surface area contributed by atoms with E-state index in [2.05, 4.69) is 45.0 Å². The Labute approximate surface area is 204 Å². The minimum absolute atomic E-state index is 0.0508. The molecular weight excluding hydrogens is 524 g/mol. The molecule has 0 unspecified atom stereocenters. The number of hydrogen-bond acceptors (Lipinski definition) is 8. The van der Waals surface area contributed by atoms with E-state index in [9.17, 15) is 13.2 Å². The lowest BCUT2D eigenvalue weighted by molar-refractivity contribution is 0.0592. The van der Waals surface area contributed by atoms with Gasteiger partial charge in [0.25, 0.3) is 5.89 Å². The second-order valence-corrected chi connectivity index (χ2v) is 10.7. The van der Waals surface area contributed by atoms with Gasteiger partial charge in [-0.15, -0.1) is 0 Å². The molecule has 0 saturated carbocycles. The summed E-state index contributed by atoms with van der Waals surface area (Å²) in [6, 6.07) is 13.9. The number of benzene rings is 2. The number of carbonyl (C=O) groups is 1. The van der Waals surface area contributed by atoms with E-state index in [0.717, 1.165) is 17.5 Å². The second-order valence-electron chi connectivity index (χ2n) is 7.85. The van der Waals surface area contributed by atoms with E-state index >= 15 is 0 Å². The maximum Gasteiger partial charge on any atom is 0.359 e. The van der Waals surface area contributed by atoms with Gasteiger partial charge >= 0.3 is 5.97 Å². The van der Waals surface area contributed by atoms with Crippen LogP contribution in [-0.4, -0.2) is 47.7 Å². The molecule has 0 aliphatic heterocycles. The number of carbonyl (C=O) groups excluding carboxylic acids is 1. The number of nitrogens with zero attached hydrogens (tertiary/aromatic N) is 4. The van der Waals surface area contributed by atoms with Crippen LogP contribution in [0.25, 0.3) is 28.7 Å². The highest BCUT2D eigenvalue weighted by molar-refractivity contribution is 9.10. The molecule has 0 amide bonds. The molecule has 0 bridgehead atoms. The third kappa shape index (κ3) is 4.40. The molecule has 0 N–H and O–H groups in total. The van der Waals surface area contributed by atoms with Gasteiger partial charge in [0.2, 0.25) is 5.82 Å². The molecule has 4 rings (SSSR count). The molecule has 34 heavy (non-hydrogen) atoms. The second kappa shape index (κ2) is 9.15. The molecule has 2 heterocycles. The molecule has 0 spiro atoms. The van der Waals surface area contributed by atoms with E-state index in [4.69, 9.17) is 9.26 Å². The Morgan fingerprint density at radius 3 is 2.56 bits per heavy atom. The van der Waals surface area contributed by atoms with Crippen molar-refractivity contribution in [1.29, 1.82) is 0 Å². The van der Waals surface area contributed by atoms with Crippen molar-refractivity contribution in [3.05, 3.63) is 64.3 Å². The zero-order valence-electron chi connectivity index (χ0n) is 18.8. The van der Waals surface area contributed by atoms with Crippen LogP contribution in [0.1, 0.15) is 35.8 Å². The molecule has 0 saturated heterocycles. The summed E-state index contributed by atoms with van der Waals surface area (Å²) in [4.78, 5) is 17.0. The van der Waals surface area contributed by atoms with Crippen molar-refractivity contribution in [2.75, 3.05) is 13.4 Å². The van der Waals surface area contributed by atoms with E-state index in [-0.39, 0.29) is 28.2 Å². The number of halogens is 1. The van der Waals surface area contributed by atoms with Crippen LogP contribution in [0.2, 0.25) is 0 Å². The molecule has 9 nitrogen and oxygen atoms in total. The van der Waals surface area contributed by atoms with Gasteiger partial charge < -0.3 is 9.26 Å². The lowest BCUT2D eigenvalue weighted by Gasteiger charge is -2.13. The molecule has 0 aliphatic carbocycles. The smallest absolute Gasteiger partial charge is 0.359 e. The molecule has 0 radical (unpaired) electrons. The highest BCUT2D eigenvalue weighted by Gasteiger charge is 2.29. The fourth-order valence-corrected chi connectivity index (χ4v) is 4.70. The van der Waals surface area contributed by atoms with Crippen molar-refractivity contribution in [2.45, 2.75) is 24.7 Å². The van der Waals surface area contributed by atoms with Gasteiger partial charge in [0.05, 0.1) is 22.2 Å². The molecule has 0 atom stereocenters. The van der Waals surface area contributed by atoms with Crippen molar-refractivity contribution in [1.82, 2.24) is 19.9 Å². The Balaban J connectivity index is 1.91. The summed E-state index contributed by atoms with van der Waals surface area (Å²) in [5.74, 6) is -0.176. The molecule has 2 aromatic carbocycles. The number of para-hydroxylation sites is 1. The average molecular weight is 545 g/mol. The monoisotopic (exact) mass is 544 g/mol. The van der Waals surface area contributed by atoms with Gasteiger partial charge in [-0.25, -0.2) is 17.9 Å². The predicted molar refractivity (Wildman–Crippen MR) is 129 cm³/mol. The number of rotatable bonds is 6. The first-order chi connectivity index (χ1) is 16.1. The van der Waals surface area contributed by atoms with Gasteiger partial charge in [-0.2, -0.15) is 10.1 Å². The van der Waals surface area contributed by atoms with Crippen LogP contribution in [0.4, 0.5) is 0 Å². The lowest BCUT2D eigenvalue weighted by Crippen LogP contribution is -2.07. The SMILES string of the molecule is COC(=O)c1nn(-c2ccccc2C(C)C)c(-c2nc(-c3cccc(S(C)(=O)=O)c3)no2)c1Br. The molecule has 11 heteroatoms. The molecular formula is C23H21BrN4O5S. The first kappa shape index (κ1) is 23.8. The fourth-order valence-electron chi connectivity index (χ4n) is 3.46. The van der Waals surface area contributed by atoms with E-state index < -0.39 is 15.8 Å². The van der Waals surface area contributed by atoms with E-state index in [1.807, 2.05) is 24.3 Å². The number of ether oxygens (including phenoxy) is 1. The maximum atomic E-state index is 12.4. The van der Waals surface area contributed by atoms with Crippen LogP contribution in [0.15, 0.2) is 62.4 Å². The standard InChI is InChI=1S/C23H21BrN4O5S/c1-13(2)16-10-5-6-11-17(16)28-20(18(24)19(26-28)23(29)32-3)22-25-21(27-33-22)14-8-7-9-15(12-14)34(4,30)31/h5-13H,1-4H3. The van der Waals surface area contributed by atoms with Crippen LogP contribution >= 0.6 is 15.9 Å². The summed E-state index contributed by atoms with van der Waals surface area (Å²) in [7, 11) is -2.14. The van der Waals surface area contributed by atoms with E-state index in [1.54, 1.807) is 16.8 Å². The van der Waals surface area contributed by atoms with Gasteiger partial charge in [-0.1, -0.05) is 49.3 Å². The molecule has 0 aliphatic rings. The van der Waals surface area contributed by atoms with Gasteiger partial charge in [-0.3, -0.25) is 0 Å². The maximum absolute atomic E-state index is 12.4. The minimum atomic E-state index is -3.41. The largest absolute Gasteiger partial charge is 0.464 e. The Morgan fingerprint density at radius 1 is 1.15 bits per heavy atom. The Kier molecular flexibility index (Phi) is 6.41. The first-order valence-corrected chi connectivity index (χ1v) is 12.9. The topological polar surface area (TPSA) is 117 Å². The summed E-state index contributed by atoms with van der Waals surface area (Å²) in [5, 5.41) is 8.52. The van der Waals surface area contributed by atoms with Gasteiger partial charge in [-0.05, 0) is 45.6 Å². The molecule has 176 valence electrons. The van der Waals surface area contributed by atoms with Crippen LogP contribution < -0.4 is 0 Å². The van der Waals surface area contributed by atoms with Crippen LogP contribution in [-0.2, 0) is 14.6 Å². The lowest BCUT2D eigenvalue weighted by atomic mass is 10.0. The van der Waals surface area contributed by atoms with E-state index in [1.165, 1.54) is 19.2 Å². The number of sulfone groups is 1. The van der Waals surface area contributed by atoms with E-state index in [0.29, 0.717) is 15.7 Å². The van der Waals surface area contributed by atoms with Crippen molar-refractivity contribution in [3.8, 4) is 28.7 Å². The highest BCUT2D eigenvalue weighted by Crippen LogP contribution is 2.36. The summed E-state index contributed by atoms with van der Waals surface area (Å²) in [6.45, 7) is 4.11. The van der Waals surface area contributed by atoms with Gasteiger partial charge in [0.1, 0.15) is 5.69 Å². The van der Waals surface area contributed by atoms with Crippen LogP contribution in [0, 0.1) is 0 Å². The van der Waals surface area contributed by atoms with Crippen molar-refractivity contribution < 1.29 is 22.5 Å². The quantitative estimate of drug-likeness (QED) is 0.321. The number of methoxy groups -OCH3 is 1. The molecule has 4 aromatic rings. The summed E-state index contributed by atoms with van der Waals surface area (Å²) in [6.07, 6.45) is 1.13. The fraction of sp³-hybridized carbons (Fsp3) is 0.217. The minimum Gasteiger partial charge on any atom is -0.464 e. The zero-order valence-corrected chi connectivity index (χ0v) is 21.2. The summed E-state index contributed by atoms with van der Waals surface area (Å²) >= 11 is 3.45. The first-order valence-electron chi connectivity index (χ1n) is 10.2. The Morgan fingerprint density at radius 2 is 1.88 bits per heavy atom. The van der Waals surface area contributed by atoms with Gasteiger partial charge in [0, 0.05) is 11.8 Å². The zero-order chi connectivity index (χ0) is 24.6. The highest BCUT2D eigenvalue weighted by atomic mass is 79.9. The number of esters is 1.